The van der Waals surface area contributed by atoms with Crippen molar-refractivity contribution >= 4 is 21.5 Å². The van der Waals surface area contributed by atoms with Crippen molar-refractivity contribution in [1.82, 2.24) is 0 Å². The SMILES string of the molecule is N#Cc1cc(O)c(-c2cccc3ccccc23)c2ccccc12. The molecule has 0 aromatic heterocycles. The number of phenols is 1. The zero-order valence-corrected chi connectivity index (χ0v) is 12.3. The zero-order valence-electron chi connectivity index (χ0n) is 12.3. The first kappa shape index (κ1) is 13.4. The van der Waals surface area contributed by atoms with Crippen LogP contribution in [0.2, 0.25) is 0 Å². The fourth-order valence-corrected chi connectivity index (χ4v) is 3.18. The first-order valence-electron chi connectivity index (χ1n) is 7.42. The van der Waals surface area contributed by atoms with Crippen molar-refractivity contribution in [1.29, 1.82) is 5.26 Å². The maximum atomic E-state index is 10.6. The molecular weight excluding hydrogens is 282 g/mol. The molecule has 4 aromatic rings. The van der Waals surface area contributed by atoms with Crippen molar-refractivity contribution in [3.63, 3.8) is 0 Å². The van der Waals surface area contributed by atoms with Crippen molar-refractivity contribution < 1.29 is 5.11 Å². The maximum Gasteiger partial charge on any atom is 0.125 e. The summed E-state index contributed by atoms with van der Waals surface area (Å²) in [5.41, 5.74) is 2.24. The van der Waals surface area contributed by atoms with Crippen LogP contribution >= 0.6 is 0 Å². The molecule has 0 radical (unpaired) electrons. The Hall–Kier alpha value is -3.31. The second-order valence-corrected chi connectivity index (χ2v) is 5.50. The fourth-order valence-electron chi connectivity index (χ4n) is 3.18. The maximum absolute atomic E-state index is 10.6. The molecule has 23 heavy (non-hydrogen) atoms. The molecule has 2 nitrogen and oxygen atoms in total. The smallest absolute Gasteiger partial charge is 0.125 e. The summed E-state index contributed by atoms with van der Waals surface area (Å²) < 4.78 is 0. The number of benzene rings is 4. The van der Waals surface area contributed by atoms with Gasteiger partial charge in [-0.2, -0.15) is 5.26 Å². The molecule has 4 aromatic carbocycles. The molecule has 108 valence electrons. The molecule has 0 heterocycles. The Labute approximate surface area is 133 Å². The summed E-state index contributed by atoms with van der Waals surface area (Å²) >= 11 is 0. The van der Waals surface area contributed by atoms with Crippen molar-refractivity contribution in [3.8, 4) is 22.9 Å². The molecule has 0 amide bonds. The molecule has 0 atom stereocenters. The third-order valence-electron chi connectivity index (χ3n) is 4.20. The van der Waals surface area contributed by atoms with Gasteiger partial charge < -0.3 is 5.11 Å². The predicted molar refractivity (Wildman–Crippen MR) is 93.3 cm³/mol. The molecule has 0 fully saturated rings. The van der Waals surface area contributed by atoms with Gasteiger partial charge in [-0.25, -0.2) is 0 Å². The molecule has 2 heteroatoms. The predicted octanol–water partition coefficient (Wildman–Crippen LogP) is 5.24. The molecule has 4 rings (SSSR count). The molecule has 0 unspecified atom stereocenters. The van der Waals surface area contributed by atoms with E-state index < -0.39 is 0 Å². The zero-order chi connectivity index (χ0) is 15.8. The minimum absolute atomic E-state index is 0.136. The van der Waals surface area contributed by atoms with E-state index in [0.29, 0.717) is 5.56 Å². The van der Waals surface area contributed by atoms with E-state index in [1.807, 2.05) is 48.5 Å². The minimum Gasteiger partial charge on any atom is -0.507 e. The average molecular weight is 295 g/mol. The van der Waals surface area contributed by atoms with Crippen LogP contribution in [-0.4, -0.2) is 5.11 Å². The number of fused-ring (bicyclic) bond motifs is 2. The molecule has 0 saturated heterocycles. The van der Waals surface area contributed by atoms with E-state index >= 15 is 0 Å². The van der Waals surface area contributed by atoms with Gasteiger partial charge in [-0.15, -0.1) is 0 Å². The number of phenolic OH excluding ortho intramolecular Hbond substituents is 1. The van der Waals surface area contributed by atoms with Crippen molar-refractivity contribution in [3.05, 3.63) is 78.4 Å². The lowest BCUT2D eigenvalue weighted by Gasteiger charge is -2.13. The van der Waals surface area contributed by atoms with Gasteiger partial charge in [0.15, 0.2) is 0 Å². The minimum atomic E-state index is 0.136. The quantitative estimate of drug-likeness (QED) is 0.522. The van der Waals surface area contributed by atoms with Gasteiger partial charge in [0.25, 0.3) is 0 Å². The van der Waals surface area contributed by atoms with E-state index in [1.165, 1.54) is 0 Å². The Morgan fingerprint density at radius 1 is 0.739 bits per heavy atom. The lowest BCUT2D eigenvalue weighted by molar-refractivity contribution is 0.478. The highest BCUT2D eigenvalue weighted by atomic mass is 16.3. The van der Waals surface area contributed by atoms with Crippen LogP contribution in [0.4, 0.5) is 0 Å². The summed E-state index contributed by atoms with van der Waals surface area (Å²) in [5.74, 6) is 0.136. The van der Waals surface area contributed by atoms with Crippen molar-refractivity contribution in [2.75, 3.05) is 0 Å². The molecular formula is C21H13NO. The van der Waals surface area contributed by atoms with E-state index in [4.69, 9.17) is 0 Å². The van der Waals surface area contributed by atoms with E-state index in [9.17, 15) is 10.4 Å². The second-order valence-electron chi connectivity index (χ2n) is 5.50. The van der Waals surface area contributed by atoms with Crippen molar-refractivity contribution in [2.45, 2.75) is 0 Å². The summed E-state index contributed by atoms with van der Waals surface area (Å²) in [4.78, 5) is 0. The molecule has 0 bridgehead atoms. The van der Waals surface area contributed by atoms with Gasteiger partial charge in [0, 0.05) is 10.9 Å². The van der Waals surface area contributed by atoms with E-state index in [1.54, 1.807) is 6.07 Å². The van der Waals surface area contributed by atoms with Crippen LogP contribution in [0.3, 0.4) is 0 Å². The van der Waals surface area contributed by atoms with Gasteiger partial charge in [-0.05, 0) is 27.8 Å². The molecule has 0 saturated carbocycles. The highest BCUT2D eigenvalue weighted by Crippen LogP contribution is 2.41. The second kappa shape index (κ2) is 5.15. The van der Waals surface area contributed by atoms with Crippen LogP contribution in [-0.2, 0) is 0 Å². The molecule has 0 aliphatic heterocycles. The summed E-state index contributed by atoms with van der Waals surface area (Å²) in [6, 6.07) is 25.6. The molecule has 0 aliphatic rings. The Balaban J connectivity index is 2.18. The fraction of sp³-hybridized carbons (Fsp3) is 0. The Kier molecular flexibility index (Phi) is 2.99. The van der Waals surface area contributed by atoms with Gasteiger partial charge in [0.2, 0.25) is 0 Å². The van der Waals surface area contributed by atoms with Crippen LogP contribution in [0.1, 0.15) is 5.56 Å². The van der Waals surface area contributed by atoms with Gasteiger partial charge in [0.1, 0.15) is 5.75 Å². The van der Waals surface area contributed by atoms with Crippen molar-refractivity contribution in [2.24, 2.45) is 0 Å². The first-order valence-corrected chi connectivity index (χ1v) is 7.42. The van der Waals surface area contributed by atoms with Gasteiger partial charge in [-0.1, -0.05) is 66.7 Å². The Bertz CT molecular complexity index is 1080. The number of aromatic hydroxyl groups is 1. The normalized spacial score (nSPS) is 10.7. The average Bonchev–Trinajstić information content (AvgIpc) is 2.61. The lowest BCUT2D eigenvalue weighted by Crippen LogP contribution is -1.88. The number of nitriles is 1. The highest BCUT2D eigenvalue weighted by Gasteiger charge is 2.14. The summed E-state index contributed by atoms with van der Waals surface area (Å²) in [6.45, 7) is 0. The molecule has 0 spiro atoms. The highest BCUT2D eigenvalue weighted by molar-refractivity contribution is 6.08. The monoisotopic (exact) mass is 295 g/mol. The van der Waals surface area contributed by atoms with Crippen LogP contribution in [0.25, 0.3) is 32.7 Å². The number of hydrogen-bond donors (Lipinski definition) is 1. The largest absolute Gasteiger partial charge is 0.507 e. The van der Waals surface area contributed by atoms with Crippen LogP contribution in [0.15, 0.2) is 72.8 Å². The van der Waals surface area contributed by atoms with Gasteiger partial charge in [-0.3, -0.25) is 0 Å². The summed E-state index contributed by atoms with van der Waals surface area (Å²) in [7, 11) is 0. The lowest BCUT2D eigenvalue weighted by atomic mass is 9.91. The van der Waals surface area contributed by atoms with Crippen LogP contribution in [0, 0.1) is 11.3 Å². The summed E-state index contributed by atoms with van der Waals surface area (Å²) in [6.07, 6.45) is 0. The van der Waals surface area contributed by atoms with Crippen LogP contribution in [0.5, 0.6) is 5.75 Å². The number of nitrogens with zero attached hydrogens (tertiary/aromatic N) is 1. The molecule has 1 N–H and O–H groups in total. The van der Waals surface area contributed by atoms with Gasteiger partial charge >= 0.3 is 0 Å². The Morgan fingerprint density at radius 3 is 2.17 bits per heavy atom. The van der Waals surface area contributed by atoms with Gasteiger partial charge in [0.05, 0.1) is 11.6 Å². The summed E-state index contributed by atoms with van der Waals surface area (Å²) in [5, 5.41) is 23.9. The molecule has 0 aliphatic carbocycles. The van der Waals surface area contributed by atoms with E-state index in [-0.39, 0.29) is 5.75 Å². The number of rotatable bonds is 1. The first-order chi connectivity index (χ1) is 11.3. The standard InChI is InChI=1S/C21H13NO/c22-13-15-12-20(23)21(18-10-4-3-9-17(15)18)19-11-5-7-14-6-1-2-8-16(14)19/h1-12,23H. The van der Waals surface area contributed by atoms with E-state index in [2.05, 4.69) is 24.3 Å². The third kappa shape index (κ3) is 2.03. The Morgan fingerprint density at radius 2 is 1.39 bits per heavy atom. The van der Waals surface area contributed by atoms with Crippen LogP contribution < -0.4 is 0 Å². The van der Waals surface area contributed by atoms with E-state index in [0.717, 1.165) is 32.7 Å². The number of hydrogen-bond acceptors (Lipinski definition) is 2. The third-order valence-corrected chi connectivity index (χ3v) is 4.20. The topological polar surface area (TPSA) is 44.0 Å².